The highest BCUT2D eigenvalue weighted by atomic mass is 35.5. The highest BCUT2D eigenvalue weighted by Gasteiger charge is 2.30. The standard InChI is InChI=1S/C12H8Cl2F3N3O/c13-8-5-9(14)11(20-10(8)18)19-6-1-3-7(4-2-6)21-12(15,16)17/h1-5H,(H3,18,19,20). The summed E-state index contributed by atoms with van der Waals surface area (Å²) in [4.78, 5) is 3.94. The molecule has 0 aliphatic heterocycles. The topological polar surface area (TPSA) is 60.2 Å². The van der Waals surface area contributed by atoms with Gasteiger partial charge in [0.05, 0.1) is 10.0 Å². The van der Waals surface area contributed by atoms with Crippen LogP contribution in [0.1, 0.15) is 0 Å². The third kappa shape index (κ3) is 4.30. The Labute approximate surface area is 127 Å². The van der Waals surface area contributed by atoms with E-state index in [2.05, 4.69) is 15.0 Å². The fraction of sp³-hybridized carbons (Fsp3) is 0.0833. The fourth-order valence-corrected chi connectivity index (χ4v) is 1.85. The molecular formula is C12H8Cl2F3N3O. The molecule has 4 nitrogen and oxygen atoms in total. The highest BCUT2D eigenvalue weighted by Crippen LogP contribution is 2.30. The summed E-state index contributed by atoms with van der Waals surface area (Å²) in [5.41, 5.74) is 6.01. The summed E-state index contributed by atoms with van der Waals surface area (Å²) in [6.07, 6.45) is -4.73. The maximum Gasteiger partial charge on any atom is 0.573 e. The Bertz CT molecular complexity index is 647. The van der Waals surface area contributed by atoms with Crippen LogP contribution >= 0.6 is 23.2 Å². The summed E-state index contributed by atoms with van der Waals surface area (Å²) < 4.78 is 39.9. The van der Waals surface area contributed by atoms with Crippen molar-refractivity contribution in [1.29, 1.82) is 0 Å². The van der Waals surface area contributed by atoms with Crippen LogP contribution in [-0.4, -0.2) is 11.3 Å². The van der Waals surface area contributed by atoms with E-state index < -0.39 is 6.36 Å². The molecule has 0 saturated heterocycles. The van der Waals surface area contributed by atoms with E-state index in [9.17, 15) is 13.2 Å². The Hall–Kier alpha value is -1.86. The summed E-state index contributed by atoms with van der Waals surface area (Å²) in [6, 6.07) is 6.48. The van der Waals surface area contributed by atoms with E-state index in [1.807, 2.05) is 0 Å². The number of anilines is 3. The van der Waals surface area contributed by atoms with Crippen molar-refractivity contribution in [2.45, 2.75) is 6.36 Å². The van der Waals surface area contributed by atoms with Crippen LogP contribution in [0.15, 0.2) is 30.3 Å². The molecule has 0 unspecified atom stereocenters. The van der Waals surface area contributed by atoms with Crippen LogP contribution in [0.2, 0.25) is 10.0 Å². The molecule has 0 amide bonds. The van der Waals surface area contributed by atoms with Crippen LogP contribution in [0.25, 0.3) is 0 Å². The zero-order valence-electron chi connectivity index (χ0n) is 10.2. The molecule has 0 atom stereocenters. The normalized spacial score (nSPS) is 11.3. The van der Waals surface area contributed by atoms with Gasteiger partial charge in [0.25, 0.3) is 0 Å². The molecule has 3 N–H and O–H groups in total. The lowest BCUT2D eigenvalue weighted by Crippen LogP contribution is -2.16. The van der Waals surface area contributed by atoms with E-state index >= 15 is 0 Å². The van der Waals surface area contributed by atoms with Gasteiger partial charge >= 0.3 is 6.36 Å². The average molecular weight is 338 g/mol. The van der Waals surface area contributed by atoms with Gasteiger partial charge in [-0.25, -0.2) is 4.98 Å². The largest absolute Gasteiger partial charge is 0.573 e. The molecule has 21 heavy (non-hydrogen) atoms. The van der Waals surface area contributed by atoms with Gasteiger partial charge in [0, 0.05) is 5.69 Å². The Morgan fingerprint density at radius 2 is 1.71 bits per heavy atom. The van der Waals surface area contributed by atoms with Crippen molar-refractivity contribution < 1.29 is 17.9 Å². The van der Waals surface area contributed by atoms with E-state index in [4.69, 9.17) is 28.9 Å². The highest BCUT2D eigenvalue weighted by molar-refractivity contribution is 6.37. The van der Waals surface area contributed by atoms with Crippen molar-refractivity contribution in [3.63, 3.8) is 0 Å². The quantitative estimate of drug-likeness (QED) is 0.858. The lowest BCUT2D eigenvalue weighted by Gasteiger charge is -2.11. The van der Waals surface area contributed by atoms with Crippen LogP contribution in [0.5, 0.6) is 5.75 Å². The van der Waals surface area contributed by atoms with Gasteiger partial charge in [0.1, 0.15) is 11.6 Å². The number of nitrogens with zero attached hydrogens (tertiary/aromatic N) is 1. The molecule has 2 rings (SSSR count). The Morgan fingerprint density at radius 1 is 1.10 bits per heavy atom. The summed E-state index contributed by atoms with van der Waals surface area (Å²) in [7, 11) is 0. The van der Waals surface area contributed by atoms with E-state index in [-0.39, 0.29) is 27.4 Å². The van der Waals surface area contributed by atoms with Gasteiger partial charge in [-0.1, -0.05) is 23.2 Å². The maximum atomic E-state index is 12.0. The minimum Gasteiger partial charge on any atom is -0.406 e. The predicted molar refractivity (Wildman–Crippen MR) is 75.1 cm³/mol. The number of nitrogens with two attached hydrogens (primary N) is 1. The van der Waals surface area contributed by atoms with Gasteiger partial charge in [-0.3, -0.25) is 0 Å². The van der Waals surface area contributed by atoms with Crippen LogP contribution < -0.4 is 15.8 Å². The first kappa shape index (κ1) is 15.5. The summed E-state index contributed by atoms with van der Waals surface area (Å²) in [6.45, 7) is 0. The van der Waals surface area contributed by atoms with Crippen molar-refractivity contribution >= 4 is 40.5 Å². The summed E-state index contributed by atoms with van der Waals surface area (Å²) in [5, 5.41) is 3.25. The number of nitrogens with one attached hydrogen (secondary N) is 1. The lowest BCUT2D eigenvalue weighted by molar-refractivity contribution is -0.274. The molecule has 0 aliphatic carbocycles. The second-order valence-electron chi connectivity index (χ2n) is 3.88. The van der Waals surface area contributed by atoms with Crippen molar-refractivity contribution in [3.8, 4) is 5.75 Å². The van der Waals surface area contributed by atoms with Gasteiger partial charge in [0.15, 0.2) is 5.82 Å². The van der Waals surface area contributed by atoms with Crippen molar-refractivity contribution in [3.05, 3.63) is 40.4 Å². The smallest absolute Gasteiger partial charge is 0.406 e. The van der Waals surface area contributed by atoms with Gasteiger partial charge in [0.2, 0.25) is 0 Å². The summed E-state index contributed by atoms with van der Waals surface area (Å²) in [5.74, 6) is -0.00799. The molecule has 0 spiro atoms. The molecule has 9 heteroatoms. The Kier molecular flexibility index (Phi) is 4.34. The number of nitrogen functional groups attached to an aromatic ring is 1. The predicted octanol–water partition coefficient (Wildman–Crippen LogP) is 4.61. The number of alkyl halides is 3. The number of hydrogen-bond acceptors (Lipinski definition) is 4. The first-order valence-corrected chi connectivity index (χ1v) is 6.24. The fourth-order valence-electron chi connectivity index (χ4n) is 1.45. The minimum absolute atomic E-state index is 0.0839. The molecule has 1 aromatic carbocycles. The number of aromatic nitrogens is 1. The number of ether oxygens (including phenoxy) is 1. The number of halogens is 5. The average Bonchev–Trinajstić information content (AvgIpc) is 2.36. The Balaban J connectivity index is 2.16. The maximum absolute atomic E-state index is 12.0. The molecule has 1 heterocycles. The second-order valence-corrected chi connectivity index (χ2v) is 4.70. The van der Waals surface area contributed by atoms with Crippen LogP contribution in [0.4, 0.5) is 30.5 Å². The monoisotopic (exact) mass is 337 g/mol. The molecule has 0 saturated carbocycles. The first-order chi connectivity index (χ1) is 9.74. The minimum atomic E-state index is -4.73. The molecule has 2 aromatic rings. The first-order valence-electron chi connectivity index (χ1n) is 5.49. The lowest BCUT2D eigenvalue weighted by atomic mass is 10.3. The second kappa shape index (κ2) is 5.87. The SMILES string of the molecule is Nc1nc(Nc2ccc(OC(F)(F)F)cc2)c(Cl)cc1Cl. The number of rotatable bonds is 3. The number of hydrogen-bond donors (Lipinski definition) is 2. The molecule has 0 bridgehead atoms. The van der Waals surface area contributed by atoms with E-state index in [1.165, 1.54) is 18.2 Å². The molecule has 0 radical (unpaired) electrons. The van der Waals surface area contributed by atoms with E-state index in [1.54, 1.807) is 0 Å². The van der Waals surface area contributed by atoms with Crippen molar-refractivity contribution in [2.24, 2.45) is 0 Å². The molecule has 0 fully saturated rings. The third-order valence-corrected chi connectivity index (χ3v) is 2.90. The molecular weight excluding hydrogens is 330 g/mol. The number of benzene rings is 1. The van der Waals surface area contributed by atoms with Gasteiger partial charge in [-0.05, 0) is 30.3 Å². The third-order valence-electron chi connectivity index (χ3n) is 2.31. The molecule has 112 valence electrons. The van der Waals surface area contributed by atoms with Crippen LogP contribution in [0, 0.1) is 0 Å². The summed E-state index contributed by atoms with van der Waals surface area (Å²) >= 11 is 11.7. The zero-order valence-corrected chi connectivity index (χ0v) is 11.7. The van der Waals surface area contributed by atoms with E-state index in [0.717, 1.165) is 12.1 Å². The van der Waals surface area contributed by atoms with Gasteiger partial charge in [-0.2, -0.15) is 0 Å². The molecule has 0 aliphatic rings. The molecule has 1 aromatic heterocycles. The zero-order chi connectivity index (χ0) is 15.6. The Morgan fingerprint density at radius 3 is 2.29 bits per heavy atom. The number of pyridine rings is 1. The van der Waals surface area contributed by atoms with Crippen molar-refractivity contribution in [2.75, 3.05) is 11.1 Å². The van der Waals surface area contributed by atoms with Crippen LogP contribution in [0.3, 0.4) is 0 Å². The van der Waals surface area contributed by atoms with Gasteiger partial charge in [-0.15, -0.1) is 13.2 Å². The van der Waals surface area contributed by atoms with Gasteiger partial charge < -0.3 is 15.8 Å². The van der Waals surface area contributed by atoms with Crippen molar-refractivity contribution in [1.82, 2.24) is 4.98 Å². The van der Waals surface area contributed by atoms with Crippen LogP contribution in [-0.2, 0) is 0 Å². The van der Waals surface area contributed by atoms with E-state index in [0.29, 0.717) is 5.69 Å².